The van der Waals surface area contributed by atoms with E-state index in [1.54, 1.807) is 12.2 Å². The molecule has 1 N–H and O–H groups in total. The third-order valence-corrected chi connectivity index (χ3v) is 1.80. The van der Waals surface area contributed by atoms with Crippen LogP contribution in [0.1, 0.15) is 6.42 Å². The minimum Gasteiger partial charge on any atom is -0.377 e. The number of nitro groups is 1. The molecule has 0 aliphatic heterocycles. The molecule has 0 saturated carbocycles. The van der Waals surface area contributed by atoms with Gasteiger partial charge in [-0.1, -0.05) is 18.2 Å². The van der Waals surface area contributed by atoms with Gasteiger partial charge >= 0.3 is 0 Å². The van der Waals surface area contributed by atoms with E-state index in [0.717, 1.165) is 0 Å². The first kappa shape index (κ1) is 9.60. The second kappa shape index (κ2) is 3.49. The summed E-state index contributed by atoms with van der Waals surface area (Å²) in [7, 11) is 0. The molecule has 0 unspecified atom stereocenters. The molecular formula is C8H9NO4. The summed E-state index contributed by atoms with van der Waals surface area (Å²) in [5.74, 6) is -0.780. The van der Waals surface area contributed by atoms with Gasteiger partial charge in [0.05, 0.1) is 0 Å². The zero-order chi connectivity index (χ0) is 9.90. The molecule has 13 heavy (non-hydrogen) atoms. The van der Waals surface area contributed by atoms with Gasteiger partial charge in [0.2, 0.25) is 5.78 Å². The van der Waals surface area contributed by atoms with Crippen molar-refractivity contribution in [2.75, 3.05) is 6.54 Å². The number of rotatable bonds is 3. The zero-order valence-electron chi connectivity index (χ0n) is 6.84. The standard InChI is InChI=1S/C8H9NO4/c10-7(6-9(12)13)8(11)4-2-1-3-5-8/h1-4,11H,5-6H2/t8-/m0/s1. The first-order chi connectivity index (χ1) is 6.04. The molecule has 0 spiro atoms. The molecular weight excluding hydrogens is 174 g/mol. The number of carbonyl (C=O) groups excluding carboxylic acids is 1. The van der Waals surface area contributed by atoms with Gasteiger partial charge in [-0.05, 0) is 6.08 Å². The number of carbonyl (C=O) groups is 1. The molecule has 5 nitrogen and oxygen atoms in total. The van der Waals surface area contributed by atoms with Gasteiger partial charge in [0.1, 0.15) is 0 Å². The highest BCUT2D eigenvalue weighted by Crippen LogP contribution is 2.18. The largest absolute Gasteiger partial charge is 0.377 e. The number of hydrogen-bond acceptors (Lipinski definition) is 4. The Labute approximate surface area is 74.5 Å². The lowest BCUT2D eigenvalue weighted by Crippen LogP contribution is -2.40. The fraction of sp³-hybridized carbons (Fsp3) is 0.375. The van der Waals surface area contributed by atoms with Gasteiger partial charge in [-0.15, -0.1) is 0 Å². The molecule has 0 heterocycles. The summed E-state index contributed by atoms with van der Waals surface area (Å²) in [6.45, 7) is -0.839. The van der Waals surface area contributed by atoms with Gasteiger partial charge < -0.3 is 5.11 Å². The Kier molecular flexibility index (Phi) is 2.57. The lowest BCUT2D eigenvalue weighted by atomic mass is 9.91. The molecule has 1 aliphatic carbocycles. The van der Waals surface area contributed by atoms with Crippen molar-refractivity contribution in [2.24, 2.45) is 0 Å². The van der Waals surface area contributed by atoms with Gasteiger partial charge in [0.25, 0.3) is 6.54 Å². The summed E-state index contributed by atoms with van der Waals surface area (Å²) < 4.78 is 0. The summed E-state index contributed by atoms with van der Waals surface area (Å²) in [6.07, 6.45) is 6.15. The van der Waals surface area contributed by atoms with Crippen LogP contribution >= 0.6 is 0 Å². The Balaban J connectivity index is 2.70. The summed E-state index contributed by atoms with van der Waals surface area (Å²) in [5.41, 5.74) is -1.68. The van der Waals surface area contributed by atoms with E-state index in [0.29, 0.717) is 0 Å². The summed E-state index contributed by atoms with van der Waals surface area (Å²) in [6, 6.07) is 0. The average Bonchev–Trinajstić information content (AvgIpc) is 2.04. The van der Waals surface area contributed by atoms with Crippen LogP contribution in [0, 0.1) is 10.1 Å². The topological polar surface area (TPSA) is 80.4 Å². The quantitative estimate of drug-likeness (QED) is 0.496. The van der Waals surface area contributed by atoms with Crippen LogP contribution in [0.5, 0.6) is 0 Å². The van der Waals surface area contributed by atoms with E-state index in [-0.39, 0.29) is 6.42 Å². The molecule has 1 atom stereocenters. The lowest BCUT2D eigenvalue weighted by Gasteiger charge is -2.20. The molecule has 0 bridgehead atoms. The first-order valence-corrected chi connectivity index (χ1v) is 3.76. The highest BCUT2D eigenvalue weighted by molar-refractivity contribution is 5.90. The van der Waals surface area contributed by atoms with Gasteiger partial charge in [-0.25, -0.2) is 0 Å². The minimum atomic E-state index is -1.68. The molecule has 0 saturated heterocycles. The van der Waals surface area contributed by atoms with E-state index in [2.05, 4.69) is 0 Å². The zero-order valence-corrected chi connectivity index (χ0v) is 6.84. The van der Waals surface area contributed by atoms with Gasteiger partial charge in [-0.3, -0.25) is 14.9 Å². The second-order valence-electron chi connectivity index (χ2n) is 2.83. The maximum atomic E-state index is 11.2. The minimum absolute atomic E-state index is 0.107. The fourth-order valence-electron chi connectivity index (χ4n) is 1.07. The van der Waals surface area contributed by atoms with Gasteiger partial charge in [0, 0.05) is 11.3 Å². The van der Waals surface area contributed by atoms with Crippen LogP contribution in [-0.2, 0) is 4.79 Å². The van der Waals surface area contributed by atoms with Crippen LogP contribution < -0.4 is 0 Å². The molecule has 70 valence electrons. The van der Waals surface area contributed by atoms with Crippen molar-refractivity contribution in [1.82, 2.24) is 0 Å². The Morgan fingerprint density at radius 2 is 2.31 bits per heavy atom. The van der Waals surface area contributed by atoms with E-state index in [9.17, 15) is 20.0 Å². The predicted octanol–water partition coefficient (Wildman–Crippen LogP) is 0.0794. The van der Waals surface area contributed by atoms with Gasteiger partial charge in [0.15, 0.2) is 5.60 Å². The van der Waals surface area contributed by atoms with Crippen molar-refractivity contribution in [3.05, 3.63) is 34.4 Å². The molecule has 5 heteroatoms. The fourth-order valence-corrected chi connectivity index (χ4v) is 1.07. The molecule has 0 aromatic heterocycles. The normalized spacial score (nSPS) is 25.9. The third-order valence-electron chi connectivity index (χ3n) is 1.80. The molecule has 1 rings (SSSR count). The first-order valence-electron chi connectivity index (χ1n) is 3.76. The van der Waals surface area contributed by atoms with Crippen LogP contribution in [0.4, 0.5) is 0 Å². The van der Waals surface area contributed by atoms with E-state index in [1.807, 2.05) is 0 Å². The Bertz CT molecular complexity index is 295. The van der Waals surface area contributed by atoms with Crippen molar-refractivity contribution in [2.45, 2.75) is 12.0 Å². The average molecular weight is 183 g/mol. The van der Waals surface area contributed by atoms with Crippen LogP contribution in [0.15, 0.2) is 24.3 Å². The van der Waals surface area contributed by atoms with Crippen molar-refractivity contribution >= 4 is 5.78 Å². The summed E-state index contributed by atoms with van der Waals surface area (Å²) in [5, 5.41) is 19.6. The number of ketones is 1. The van der Waals surface area contributed by atoms with E-state index >= 15 is 0 Å². The highest BCUT2D eigenvalue weighted by atomic mass is 16.6. The number of Topliss-reactive ketones (excluding diaryl/α,β-unsaturated/α-hetero) is 1. The van der Waals surface area contributed by atoms with Crippen LogP contribution in [0.2, 0.25) is 0 Å². The van der Waals surface area contributed by atoms with Crippen molar-refractivity contribution in [1.29, 1.82) is 0 Å². The second-order valence-corrected chi connectivity index (χ2v) is 2.83. The number of nitrogens with zero attached hydrogens (tertiary/aromatic N) is 1. The molecule has 0 fully saturated rings. The van der Waals surface area contributed by atoms with Crippen molar-refractivity contribution in [3.8, 4) is 0 Å². The Morgan fingerprint density at radius 1 is 1.62 bits per heavy atom. The molecule has 0 amide bonds. The number of allylic oxidation sites excluding steroid dienone is 2. The Morgan fingerprint density at radius 3 is 2.77 bits per heavy atom. The molecule has 0 aromatic carbocycles. The molecule has 0 radical (unpaired) electrons. The SMILES string of the molecule is O=C(C[N+](=O)[O-])[C@]1(O)C=CC=CC1. The van der Waals surface area contributed by atoms with Gasteiger partial charge in [-0.2, -0.15) is 0 Å². The maximum Gasteiger partial charge on any atom is 0.264 e. The van der Waals surface area contributed by atoms with Crippen molar-refractivity contribution < 1.29 is 14.8 Å². The van der Waals surface area contributed by atoms with Crippen LogP contribution in [-0.4, -0.2) is 28.0 Å². The van der Waals surface area contributed by atoms with Crippen LogP contribution in [0.25, 0.3) is 0 Å². The van der Waals surface area contributed by atoms with E-state index < -0.39 is 22.9 Å². The summed E-state index contributed by atoms with van der Waals surface area (Å²) >= 11 is 0. The molecule has 1 aliphatic rings. The van der Waals surface area contributed by atoms with E-state index in [1.165, 1.54) is 12.2 Å². The maximum absolute atomic E-state index is 11.2. The number of hydrogen-bond donors (Lipinski definition) is 1. The molecule has 0 aromatic rings. The lowest BCUT2D eigenvalue weighted by molar-refractivity contribution is -0.468. The smallest absolute Gasteiger partial charge is 0.264 e. The van der Waals surface area contributed by atoms with Crippen molar-refractivity contribution in [3.63, 3.8) is 0 Å². The predicted molar refractivity (Wildman–Crippen MR) is 44.7 cm³/mol. The van der Waals surface area contributed by atoms with Crippen LogP contribution in [0.3, 0.4) is 0 Å². The summed E-state index contributed by atoms with van der Waals surface area (Å²) in [4.78, 5) is 20.4. The monoisotopic (exact) mass is 183 g/mol. The highest BCUT2D eigenvalue weighted by Gasteiger charge is 2.35. The third kappa shape index (κ3) is 2.22. The number of aliphatic hydroxyl groups is 1. The Hall–Kier alpha value is -1.49. The van der Waals surface area contributed by atoms with E-state index in [4.69, 9.17) is 0 Å².